The van der Waals surface area contributed by atoms with Crippen LogP contribution in [0.25, 0.3) is 0 Å². The van der Waals surface area contributed by atoms with E-state index in [0.717, 1.165) is 29.9 Å². The van der Waals surface area contributed by atoms with Crippen LogP contribution in [0.15, 0.2) is 24.3 Å². The number of hydrogen-bond acceptors (Lipinski definition) is 3. The van der Waals surface area contributed by atoms with E-state index < -0.39 is 0 Å². The number of carbonyl (C=O) groups excluding carboxylic acids is 1. The van der Waals surface area contributed by atoms with Gasteiger partial charge in [0.05, 0.1) is 5.69 Å². The lowest BCUT2D eigenvalue weighted by Crippen LogP contribution is -2.26. The number of aromatic nitrogens is 2. The van der Waals surface area contributed by atoms with Crippen LogP contribution in [-0.2, 0) is 6.54 Å². The van der Waals surface area contributed by atoms with Gasteiger partial charge >= 0.3 is 0 Å². The van der Waals surface area contributed by atoms with Crippen LogP contribution in [0, 0.1) is 20.8 Å². The summed E-state index contributed by atoms with van der Waals surface area (Å²) in [5, 5.41) is 7.33. The number of rotatable bonds is 5. The predicted molar refractivity (Wildman–Crippen MR) is 84.2 cm³/mol. The van der Waals surface area contributed by atoms with E-state index >= 15 is 0 Å². The lowest BCUT2D eigenvalue weighted by atomic mass is 10.1. The Bertz CT molecular complexity index is 646. The number of benzene rings is 1. The Morgan fingerprint density at radius 1 is 1.29 bits per heavy atom. The molecule has 0 radical (unpaired) electrons. The van der Waals surface area contributed by atoms with Crippen molar-refractivity contribution in [1.29, 1.82) is 0 Å². The second kappa shape index (κ2) is 6.43. The fraction of sp³-hybridized carbons (Fsp3) is 0.375. The molecular formula is C16H22N4O. The zero-order valence-electron chi connectivity index (χ0n) is 12.8. The first-order valence-electron chi connectivity index (χ1n) is 7.13. The number of hydrogen-bond donors (Lipinski definition) is 2. The maximum absolute atomic E-state index is 12.1. The summed E-state index contributed by atoms with van der Waals surface area (Å²) in [4.78, 5) is 12.1. The van der Waals surface area contributed by atoms with Gasteiger partial charge in [0.25, 0.3) is 5.91 Å². The van der Waals surface area contributed by atoms with Crippen molar-refractivity contribution in [2.24, 2.45) is 0 Å². The normalized spacial score (nSPS) is 10.6. The molecule has 0 spiro atoms. The molecule has 0 fully saturated rings. The van der Waals surface area contributed by atoms with Crippen molar-refractivity contribution in [2.45, 2.75) is 33.7 Å². The number of amides is 1. The van der Waals surface area contributed by atoms with E-state index in [1.54, 1.807) is 12.1 Å². The number of nitrogens with two attached hydrogens (primary N) is 1. The van der Waals surface area contributed by atoms with Crippen molar-refractivity contribution >= 4 is 11.6 Å². The highest BCUT2D eigenvalue weighted by molar-refractivity contribution is 5.95. The SMILES string of the molecule is Cc1cc(C)n(CCCNC(=O)c2ccc(N)cc2C)n1. The van der Waals surface area contributed by atoms with E-state index in [-0.39, 0.29) is 5.91 Å². The fourth-order valence-electron chi connectivity index (χ4n) is 2.37. The predicted octanol–water partition coefficient (Wildman–Crippen LogP) is 2.21. The quantitative estimate of drug-likeness (QED) is 0.654. The number of carbonyl (C=O) groups is 1. The standard InChI is InChI=1S/C16H22N4O/c1-11-9-14(17)5-6-15(11)16(21)18-7-4-8-20-13(3)10-12(2)19-20/h5-6,9-10H,4,7-8,17H2,1-3H3,(H,18,21). The summed E-state index contributed by atoms with van der Waals surface area (Å²) in [5.74, 6) is -0.0548. The van der Waals surface area contributed by atoms with Crippen LogP contribution < -0.4 is 11.1 Å². The van der Waals surface area contributed by atoms with Crippen LogP contribution in [0.5, 0.6) is 0 Å². The Balaban J connectivity index is 1.83. The van der Waals surface area contributed by atoms with E-state index in [1.165, 1.54) is 0 Å². The van der Waals surface area contributed by atoms with Gasteiger partial charge in [-0.15, -0.1) is 0 Å². The van der Waals surface area contributed by atoms with Gasteiger partial charge in [0.1, 0.15) is 0 Å². The number of nitrogen functional groups attached to an aromatic ring is 1. The molecule has 0 atom stereocenters. The van der Waals surface area contributed by atoms with Crippen LogP contribution in [0.1, 0.15) is 33.7 Å². The van der Waals surface area contributed by atoms with Gasteiger partial charge in [-0.3, -0.25) is 9.48 Å². The fourth-order valence-corrected chi connectivity index (χ4v) is 2.37. The van der Waals surface area contributed by atoms with Gasteiger partial charge in [0.2, 0.25) is 0 Å². The lowest BCUT2D eigenvalue weighted by molar-refractivity contribution is 0.0952. The summed E-state index contributed by atoms with van der Waals surface area (Å²) < 4.78 is 1.97. The highest BCUT2D eigenvalue weighted by Crippen LogP contribution is 2.12. The van der Waals surface area contributed by atoms with Crippen LogP contribution >= 0.6 is 0 Å². The Hall–Kier alpha value is -2.30. The summed E-state index contributed by atoms with van der Waals surface area (Å²) in [6.45, 7) is 7.34. The Labute approximate surface area is 125 Å². The average Bonchev–Trinajstić information content (AvgIpc) is 2.73. The monoisotopic (exact) mass is 286 g/mol. The third kappa shape index (κ3) is 3.84. The van der Waals surface area contributed by atoms with Crippen LogP contribution in [-0.4, -0.2) is 22.2 Å². The minimum atomic E-state index is -0.0548. The van der Waals surface area contributed by atoms with Gasteiger partial charge < -0.3 is 11.1 Å². The molecular weight excluding hydrogens is 264 g/mol. The Morgan fingerprint density at radius 3 is 2.67 bits per heavy atom. The van der Waals surface area contributed by atoms with Gasteiger partial charge in [-0.05, 0) is 57.0 Å². The molecule has 5 nitrogen and oxygen atoms in total. The largest absolute Gasteiger partial charge is 0.399 e. The minimum Gasteiger partial charge on any atom is -0.399 e. The molecule has 2 aromatic rings. The summed E-state index contributed by atoms with van der Waals surface area (Å²) in [6.07, 6.45) is 0.849. The van der Waals surface area contributed by atoms with E-state index in [9.17, 15) is 4.79 Å². The maximum atomic E-state index is 12.1. The van der Waals surface area contributed by atoms with Crippen molar-refractivity contribution in [3.05, 3.63) is 46.8 Å². The van der Waals surface area contributed by atoms with Crippen LogP contribution in [0.4, 0.5) is 5.69 Å². The molecule has 0 saturated carbocycles. The topological polar surface area (TPSA) is 72.9 Å². The van der Waals surface area contributed by atoms with Gasteiger partial charge in [-0.1, -0.05) is 0 Å². The lowest BCUT2D eigenvalue weighted by Gasteiger charge is -2.09. The van der Waals surface area contributed by atoms with Crippen molar-refractivity contribution < 1.29 is 4.79 Å². The van der Waals surface area contributed by atoms with Crippen molar-refractivity contribution in [1.82, 2.24) is 15.1 Å². The van der Waals surface area contributed by atoms with E-state index in [0.29, 0.717) is 17.8 Å². The second-order valence-corrected chi connectivity index (χ2v) is 5.33. The summed E-state index contributed by atoms with van der Waals surface area (Å²) in [7, 11) is 0. The second-order valence-electron chi connectivity index (χ2n) is 5.33. The molecule has 1 aromatic carbocycles. The first-order chi connectivity index (χ1) is 9.97. The third-order valence-electron chi connectivity index (χ3n) is 3.43. The molecule has 1 heterocycles. The average molecular weight is 286 g/mol. The summed E-state index contributed by atoms with van der Waals surface area (Å²) in [6, 6.07) is 7.37. The molecule has 2 rings (SSSR count). The Morgan fingerprint density at radius 2 is 2.05 bits per heavy atom. The molecule has 0 saturated heterocycles. The molecule has 0 aliphatic carbocycles. The maximum Gasteiger partial charge on any atom is 0.251 e. The molecule has 3 N–H and O–H groups in total. The smallest absolute Gasteiger partial charge is 0.251 e. The van der Waals surface area contributed by atoms with Crippen molar-refractivity contribution in [3.8, 4) is 0 Å². The molecule has 1 aromatic heterocycles. The molecule has 0 bridgehead atoms. The zero-order chi connectivity index (χ0) is 15.4. The molecule has 1 amide bonds. The minimum absolute atomic E-state index is 0.0548. The van der Waals surface area contributed by atoms with E-state index in [1.807, 2.05) is 31.5 Å². The van der Waals surface area contributed by atoms with Gasteiger partial charge in [0, 0.05) is 30.0 Å². The number of nitrogens with zero attached hydrogens (tertiary/aromatic N) is 2. The summed E-state index contributed by atoms with van der Waals surface area (Å²) in [5.41, 5.74) is 10.1. The van der Waals surface area contributed by atoms with Crippen molar-refractivity contribution in [2.75, 3.05) is 12.3 Å². The highest BCUT2D eigenvalue weighted by atomic mass is 16.1. The van der Waals surface area contributed by atoms with Gasteiger partial charge in [-0.25, -0.2) is 0 Å². The third-order valence-corrected chi connectivity index (χ3v) is 3.43. The first kappa shape index (κ1) is 15.1. The highest BCUT2D eigenvalue weighted by Gasteiger charge is 2.08. The van der Waals surface area contributed by atoms with Gasteiger partial charge in [0.15, 0.2) is 0 Å². The van der Waals surface area contributed by atoms with E-state index in [2.05, 4.69) is 16.5 Å². The summed E-state index contributed by atoms with van der Waals surface area (Å²) >= 11 is 0. The number of nitrogens with one attached hydrogen (secondary N) is 1. The Kier molecular flexibility index (Phi) is 4.62. The zero-order valence-corrected chi connectivity index (χ0v) is 12.8. The van der Waals surface area contributed by atoms with E-state index in [4.69, 9.17) is 5.73 Å². The molecule has 0 unspecified atom stereocenters. The molecule has 0 aliphatic rings. The molecule has 112 valence electrons. The number of aryl methyl sites for hydroxylation is 4. The van der Waals surface area contributed by atoms with Crippen LogP contribution in [0.2, 0.25) is 0 Å². The molecule has 0 aliphatic heterocycles. The molecule has 5 heteroatoms. The van der Waals surface area contributed by atoms with Crippen molar-refractivity contribution in [3.63, 3.8) is 0 Å². The van der Waals surface area contributed by atoms with Crippen LogP contribution in [0.3, 0.4) is 0 Å². The molecule has 21 heavy (non-hydrogen) atoms. The van der Waals surface area contributed by atoms with Gasteiger partial charge in [-0.2, -0.15) is 5.10 Å². The first-order valence-corrected chi connectivity index (χ1v) is 7.13. The number of anilines is 1.